The van der Waals surface area contributed by atoms with Crippen LogP contribution in [0.5, 0.6) is 5.75 Å². The molecular weight excluding hydrogens is 230 g/mol. The van der Waals surface area contributed by atoms with E-state index in [0.29, 0.717) is 5.92 Å². The van der Waals surface area contributed by atoms with Crippen LogP contribution in [0, 0.1) is 11.8 Å². The highest BCUT2D eigenvalue weighted by Crippen LogP contribution is 2.27. The van der Waals surface area contributed by atoms with Crippen LogP contribution in [0.2, 0.25) is 0 Å². The van der Waals surface area contributed by atoms with Crippen molar-refractivity contribution in [3.63, 3.8) is 0 Å². The van der Waals surface area contributed by atoms with Gasteiger partial charge in [0.25, 0.3) is 0 Å². The predicted molar refractivity (Wildman–Crippen MR) is 69.6 cm³/mol. The van der Waals surface area contributed by atoms with Crippen LogP contribution in [0.15, 0.2) is 29.4 Å². The molecule has 0 saturated heterocycles. The molecule has 18 heavy (non-hydrogen) atoms. The summed E-state index contributed by atoms with van der Waals surface area (Å²) in [6.45, 7) is 4.16. The number of benzene rings is 1. The molecule has 0 aliphatic carbocycles. The lowest BCUT2D eigenvalue weighted by Crippen LogP contribution is -2.33. The van der Waals surface area contributed by atoms with Crippen molar-refractivity contribution in [1.29, 1.82) is 0 Å². The molecule has 2 unspecified atom stereocenters. The molecule has 0 fully saturated rings. The molecule has 1 N–H and O–H groups in total. The molecule has 2 rings (SSSR count). The van der Waals surface area contributed by atoms with Gasteiger partial charge in [-0.15, -0.1) is 0 Å². The molecule has 0 radical (unpaired) electrons. The Morgan fingerprint density at radius 2 is 2.00 bits per heavy atom. The van der Waals surface area contributed by atoms with Crippen LogP contribution in [0.25, 0.3) is 0 Å². The number of hydrogen-bond acceptors (Lipinski definition) is 4. The van der Waals surface area contributed by atoms with Crippen LogP contribution in [0.4, 0.5) is 0 Å². The second-order valence-corrected chi connectivity index (χ2v) is 4.87. The SMILES string of the molecule is COc1ccc(C2=NOC(O)C(C(C)C)C2)cc1. The zero-order valence-electron chi connectivity index (χ0n) is 11.0. The molecule has 1 aliphatic rings. The summed E-state index contributed by atoms with van der Waals surface area (Å²) >= 11 is 0. The summed E-state index contributed by atoms with van der Waals surface area (Å²) in [4.78, 5) is 5.09. The molecule has 0 spiro atoms. The third kappa shape index (κ3) is 2.64. The van der Waals surface area contributed by atoms with Crippen molar-refractivity contribution in [3.8, 4) is 5.75 Å². The van der Waals surface area contributed by atoms with Gasteiger partial charge in [0.05, 0.1) is 12.8 Å². The van der Waals surface area contributed by atoms with Crippen LogP contribution in [-0.4, -0.2) is 24.2 Å². The smallest absolute Gasteiger partial charge is 0.227 e. The molecular formula is C14H19NO3. The summed E-state index contributed by atoms with van der Waals surface area (Å²) in [6.07, 6.45) is -0.0717. The Balaban J connectivity index is 2.17. The summed E-state index contributed by atoms with van der Waals surface area (Å²) in [6, 6.07) is 7.70. The van der Waals surface area contributed by atoms with Crippen molar-refractivity contribution in [1.82, 2.24) is 0 Å². The topological polar surface area (TPSA) is 51.0 Å². The number of rotatable bonds is 3. The average Bonchev–Trinajstić information content (AvgIpc) is 2.39. The molecule has 1 aliphatic heterocycles. The lowest BCUT2D eigenvalue weighted by atomic mass is 9.87. The maximum Gasteiger partial charge on any atom is 0.227 e. The molecule has 4 heteroatoms. The van der Waals surface area contributed by atoms with E-state index in [9.17, 15) is 5.11 Å². The van der Waals surface area contributed by atoms with Crippen LogP contribution in [0.1, 0.15) is 25.8 Å². The van der Waals surface area contributed by atoms with Gasteiger partial charge in [0.15, 0.2) is 0 Å². The zero-order chi connectivity index (χ0) is 13.1. The molecule has 0 bridgehead atoms. The minimum absolute atomic E-state index is 0.0830. The van der Waals surface area contributed by atoms with Crippen LogP contribution >= 0.6 is 0 Å². The van der Waals surface area contributed by atoms with Crippen molar-refractivity contribution >= 4 is 5.71 Å². The highest BCUT2D eigenvalue weighted by atomic mass is 16.7. The lowest BCUT2D eigenvalue weighted by Gasteiger charge is -2.29. The van der Waals surface area contributed by atoms with Crippen LogP contribution < -0.4 is 4.74 Å². The van der Waals surface area contributed by atoms with Gasteiger partial charge in [-0.3, -0.25) is 0 Å². The standard InChI is InChI=1S/C14H19NO3/c1-9(2)12-8-13(15-18-14(12)16)10-4-6-11(17-3)7-5-10/h4-7,9,12,14,16H,8H2,1-3H3. The fourth-order valence-electron chi connectivity index (χ4n) is 2.08. The Morgan fingerprint density at radius 1 is 1.33 bits per heavy atom. The number of aliphatic hydroxyl groups excluding tert-OH is 1. The Bertz CT molecular complexity index is 425. The minimum atomic E-state index is -0.799. The van der Waals surface area contributed by atoms with E-state index in [1.165, 1.54) is 0 Å². The van der Waals surface area contributed by atoms with Gasteiger partial charge in [0.1, 0.15) is 5.75 Å². The second kappa shape index (κ2) is 5.40. The number of oxime groups is 1. The number of methoxy groups -OCH3 is 1. The zero-order valence-corrected chi connectivity index (χ0v) is 11.0. The highest BCUT2D eigenvalue weighted by Gasteiger charge is 2.30. The van der Waals surface area contributed by atoms with Gasteiger partial charge in [-0.05, 0) is 35.7 Å². The van der Waals surface area contributed by atoms with Gasteiger partial charge < -0.3 is 14.7 Å². The molecule has 4 nitrogen and oxygen atoms in total. The van der Waals surface area contributed by atoms with E-state index >= 15 is 0 Å². The van der Waals surface area contributed by atoms with Crippen molar-refractivity contribution in [2.75, 3.05) is 7.11 Å². The Hall–Kier alpha value is -1.55. The fourth-order valence-corrected chi connectivity index (χ4v) is 2.08. The highest BCUT2D eigenvalue weighted by molar-refractivity contribution is 6.00. The summed E-state index contributed by atoms with van der Waals surface area (Å²) in [5.74, 6) is 1.25. The molecule has 98 valence electrons. The molecule has 0 amide bonds. The average molecular weight is 249 g/mol. The summed E-state index contributed by atoms with van der Waals surface area (Å²) in [7, 11) is 1.64. The van der Waals surface area contributed by atoms with Crippen LogP contribution in [-0.2, 0) is 4.84 Å². The lowest BCUT2D eigenvalue weighted by molar-refractivity contribution is -0.150. The van der Waals surface area contributed by atoms with Gasteiger partial charge in [0.2, 0.25) is 6.29 Å². The quantitative estimate of drug-likeness (QED) is 0.895. The van der Waals surface area contributed by atoms with E-state index in [1.807, 2.05) is 24.3 Å². The number of nitrogens with zero attached hydrogens (tertiary/aromatic N) is 1. The normalized spacial score (nSPS) is 23.5. The number of ether oxygens (including phenoxy) is 1. The van der Waals surface area contributed by atoms with Gasteiger partial charge in [-0.2, -0.15) is 0 Å². The first-order valence-electron chi connectivity index (χ1n) is 6.17. The second-order valence-electron chi connectivity index (χ2n) is 4.87. The largest absolute Gasteiger partial charge is 0.497 e. The maximum atomic E-state index is 9.74. The maximum absolute atomic E-state index is 9.74. The summed E-state index contributed by atoms with van der Waals surface area (Å²) in [5.41, 5.74) is 1.88. The number of aliphatic hydroxyl groups is 1. The van der Waals surface area contributed by atoms with E-state index in [0.717, 1.165) is 23.4 Å². The summed E-state index contributed by atoms with van der Waals surface area (Å²) < 4.78 is 5.12. The van der Waals surface area contributed by atoms with Gasteiger partial charge in [0, 0.05) is 12.3 Å². The van der Waals surface area contributed by atoms with Gasteiger partial charge in [-0.1, -0.05) is 19.0 Å². The van der Waals surface area contributed by atoms with E-state index < -0.39 is 6.29 Å². The van der Waals surface area contributed by atoms with Crippen molar-refractivity contribution in [2.24, 2.45) is 17.0 Å². The molecule has 2 atom stereocenters. The monoisotopic (exact) mass is 249 g/mol. The molecule has 1 aromatic carbocycles. The minimum Gasteiger partial charge on any atom is -0.497 e. The molecule has 1 aromatic rings. The van der Waals surface area contributed by atoms with Gasteiger partial charge >= 0.3 is 0 Å². The predicted octanol–water partition coefficient (Wildman–Crippen LogP) is 2.41. The fraction of sp³-hybridized carbons (Fsp3) is 0.500. The Kier molecular flexibility index (Phi) is 3.87. The van der Waals surface area contributed by atoms with Crippen molar-refractivity contribution in [3.05, 3.63) is 29.8 Å². The van der Waals surface area contributed by atoms with Gasteiger partial charge in [-0.25, -0.2) is 0 Å². The summed E-state index contributed by atoms with van der Waals surface area (Å²) in [5, 5.41) is 13.7. The molecule has 1 heterocycles. The first-order chi connectivity index (χ1) is 8.61. The molecule has 0 saturated carbocycles. The van der Waals surface area contributed by atoms with E-state index in [1.54, 1.807) is 7.11 Å². The third-order valence-corrected chi connectivity index (χ3v) is 3.35. The Morgan fingerprint density at radius 3 is 2.56 bits per heavy atom. The van der Waals surface area contributed by atoms with Crippen LogP contribution in [0.3, 0.4) is 0 Å². The first kappa shape index (κ1) is 12.9. The van der Waals surface area contributed by atoms with E-state index in [-0.39, 0.29) is 5.92 Å². The van der Waals surface area contributed by atoms with Crippen molar-refractivity contribution in [2.45, 2.75) is 26.6 Å². The van der Waals surface area contributed by atoms with E-state index in [4.69, 9.17) is 9.57 Å². The molecule has 0 aromatic heterocycles. The van der Waals surface area contributed by atoms with Crippen molar-refractivity contribution < 1.29 is 14.7 Å². The van der Waals surface area contributed by atoms with E-state index in [2.05, 4.69) is 19.0 Å². The Labute approximate surface area is 107 Å². The number of hydrogen-bond donors (Lipinski definition) is 1. The first-order valence-corrected chi connectivity index (χ1v) is 6.17. The third-order valence-electron chi connectivity index (χ3n) is 3.35.